The van der Waals surface area contributed by atoms with Crippen molar-refractivity contribution < 1.29 is 4.74 Å². The summed E-state index contributed by atoms with van der Waals surface area (Å²) in [6.45, 7) is 1.85. The number of hydrogen-bond donors (Lipinski definition) is 2. The maximum Gasteiger partial charge on any atom is 0.255 e. The van der Waals surface area contributed by atoms with Gasteiger partial charge in [-0.15, -0.1) is 0 Å². The van der Waals surface area contributed by atoms with Crippen molar-refractivity contribution in [3.8, 4) is 11.5 Å². The summed E-state index contributed by atoms with van der Waals surface area (Å²) in [6, 6.07) is 17.3. The van der Waals surface area contributed by atoms with Gasteiger partial charge in [0.1, 0.15) is 11.5 Å². The molecule has 0 aliphatic heterocycles. The zero-order valence-corrected chi connectivity index (χ0v) is 13.4. The maximum absolute atomic E-state index is 12.1. The van der Waals surface area contributed by atoms with Gasteiger partial charge in [0, 0.05) is 17.7 Å². The monoisotopic (exact) mass is 324 g/mol. The van der Waals surface area contributed by atoms with Crippen molar-refractivity contribution >= 4 is 12.2 Å². The number of benzene rings is 2. The second kappa shape index (κ2) is 6.62. The fourth-order valence-electron chi connectivity index (χ4n) is 2.39. The van der Waals surface area contributed by atoms with Crippen LogP contribution in [0.3, 0.4) is 0 Å². The number of para-hydroxylation sites is 1. The second-order valence-electron chi connectivity index (χ2n) is 5.25. The van der Waals surface area contributed by atoms with Gasteiger partial charge >= 0.3 is 0 Å². The summed E-state index contributed by atoms with van der Waals surface area (Å²) in [5.41, 5.74) is 2.31. The van der Waals surface area contributed by atoms with Gasteiger partial charge in [0.25, 0.3) is 5.56 Å². The largest absolute Gasteiger partial charge is 0.457 e. The number of aryl methyl sites for hydroxylation is 1. The lowest BCUT2D eigenvalue weighted by molar-refractivity contribution is 0.482. The van der Waals surface area contributed by atoms with Crippen LogP contribution < -0.4 is 10.3 Å². The van der Waals surface area contributed by atoms with Crippen LogP contribution in [-0.2, 0) is 6.42 Å². The Morgan fingerprint density at radius 2 is 1.74 bits per heavy atom. The topological polar surface area (TPSA) is 57.9 Å². The third-order valence-electron chi connectivity index (χ3n) is 3.51. The number of aromatic nitrogens is 2. The van der Waals surface area contributed by atoms with E-state index in [2.05, 4.69) is 9.97 Å². The lowest BCUT2D eigenvalue weighted by Crippen LogP contribution is -2.16. The molecule has 0 amide bonds. The maximum atomic E-state index is 12.1. The lowest BCUT2D eigenvalue weighted by Gasteiger charge is -2.08. The molecule has 3 rings (SSSR count). The van der Waals surface area contributed by atoms with E-state index >= 15 is 0 Å². The number of nitrogens with one attached hydrogen (secondary N) is 2. The molecule has 0 unspecified atom stereocenters. The zero-order valence-electron chi connectivity index (χ0n) is 12.6. The summed E-state index contributed by atoms with van der Waals surface area (Å²) in [5, 5.41) is 0. The normalized spacial score (nSPS) is 10.5. The molecule has 1 aromatic heterocycles. The molecule has 2 N–H and O–H groups in total. The smallest absolute Gasteiger partial charge is 0.255 e. The van der Waals surface area contributed by atoms with E-state index in [4.69, 9.17) is 17.0 Å². The molecule has 1 heterocycles. The number of aromatic amines is 2. The molecule has 2 aromatic carbocycles. The molecule has 0 atom stereocenters. The standard InChI is InChI=1S/C18H16N2O2S/c1-12-16(17(21)20-18(23)19-12)11-13-6-5-9-15(10-13)22-14-7-3-2-4-8-14/h2-10H,11H2,1H3,(H2,19,20,21,23). The molecule has 0 saturated carbocycles. The summed E-state index contributed by atoms with van der Waals surface area (Å²) < 4.78 is 6.17. The highest BCUT2D eigenvalue weighted by Crippen LogP contribution is 2.22. The average Bonchev–Trinajstić information content (AvgIpc) is 2.52. The van der Waals surface area contributed by atoms with E-state index in [0.29, 0.717) is 16.8 Å². The summed E-state index contributed by atoms with van der Waals surface area (Å²) >= 11 is 4.97. The minimum absolute atomic E-state index is 0.152. The Labute approximate surface area is 138 Å². The first kappa shape index (κ1) is 15.2. The molecule has 0 spiro atoms. The van der Waals surface area contributed by atoms with Gasteiger partial charge in [-0.2, -0.15) is 0 Å². The van der Waals surface area contributed by atoms with Crippen molar-refractivity contribution in [1.82, 2.24) is 9.97 Å². The Morgan fingerprint density at radius 3 is 2.48 bits per heavy atom. The molecule has 23 heavy (non-hydrogen) atoms. The van der Waals surface area contributed by atoms with Gasteiger partial charge in [-0.25, -0.2) is 0 Å². The Bertz CT molecular complexity index is 929. The molecule has 5 heteroatoms. The predicted molar refractivity (Wildman–Crippen MR) is 92.7 cm³/mol. The molecular formula is C18H16N2O2S. The van der Waals surface area contributed by atoms with Crippen molar-refractivity contribution in [3.05, 3.63) is 86.5 Å². The molecule has 0 aliphatic carbocycles. The molecule has 0 saturated heterocycles. The quantitative estimate of drug-likeness (QED) is 0.710. The molecule has 0 fully saturated rings. The zero-order chi connectivity index (χ0) is 16.2. The van der Waals surface area contributed by atoms with Gasteiger partial charge < -0.3 is 9.72 Å². The van der Waals surface area contributed by atoms with E-state index in [1.54, 1.807) is 0 Å². The van der Waals surface area contributed by atoms with Gasteiger partial charge in [-0.1, -0.05) is 30.3 Å². The summed E-state index contributed by atoms with van der Waals surface area (Å²) in [5.74, 6) is 1.52. The van der Waals surface area contributed by atoms with E-state index < -0.39 is 0 Å². The van der Waals surface area contributed by atoms with Crippen LogP contribution in [0.4, 0.5) is 0 Å². The van der Waals surface area contributed by atoms with Crippen LogP contribution in [0, 0.1) is 11.7 Å². The van der Waals surface area contributed by atoms with Crippen LogP contribution in [0.2, 0.25) is 0 Å². The minimum Gasteiger partial charge on any atom is -0.457 e. The van der Waals surface area contributed by atoms with Crippen LogP contribution in [0.5, 0.6) is 11.5 Å². The van der Waals surface area contributed by atoms with Crippen LogP contribution in [-0.4, -0.2) is 9.97 Å². The molecule has 3 aromatic rings. The fourth-order valence-corrected chi connectivity index (χ4v) is 2.63. The first-order valence-corrected chi connectivity index (χ1v) is 7.66. The van der Waals surface area contributed by atoms with Gasteiger partial charge in [-0.3, -0.25) is 9.78 Å². The van der Waals surface area contributed by atoms with Crippen LogP contribution >= 0.6 is 12.2 Å². The van der Waals surface area contributed by atoms with Crippen molar-refractivity contribution in [3.63, 3.8) is 0 Å². The number of ether oxygens (including phenoxy) is 1. The first-order chi connectivity index (χ1) is 11.1. The first-order valence-electron chi connectivity index (χ1n) is 7.26. The summed E-state index contributed by atoms with van der Waals surface area (Å²) in [6.07, 6.45) is 0.513. The van der Waals surface area contributed by atoms with Crippen LogP contribution in [0.25, 0.3) is 0 Å². The van der Waals surface area contributed by atoms with E-state index in [9.17, 15) is 4.79 Å². The van der Waals surface area contributed by atoms with Crippen molar-refractivity contribution in [2.24, 2.45) is 0 Å². The van der Waals surface area contributed by atoms with E-state index in [1.807, 2.05) is 61.5 Å². The Hall–Kier alpha value is -2.66. The van der Waals surface area contributed by atoms with Crippen molar-refractivity contribution in [2.75, 3.05) is 0 Å². The van der Waals surface area contributed by atoms with Gasteiger partial charge in [-0.05, 0) is 49.0 Å². The van der Waals surface area contributed by atoms with E-state index in [0.717, 1.165) is 22.8 Å². The third-order valence-corrected chi connectivity index (χ3v) is 3.72. The highest BCUT2D eigenvalue weighted by molar-refractivity contribution is 7.71. The fraction of sp³-hybridized carbons (Fsp3) is 0.111. The van der Waals surface area contributed by atoms with Gasteiger partial charge in [0.15, 0.2) is 4.77 Å². The molecule has 116 valence electrons. The van der Waals surface area contributed by atoms with Gasteiger partial charge in [0.2, 0.25) is 0 Å². The van der Waals surface area contributed by atoms with E-state index in [-0.39, 0.29) is 5.56 Å². The number of H-pyrrole nitrogens is 2. The summed E-state index contributed by atoms with van der Waals surface area (Å²) in [4.78, 5) is 17.7. The highest BCUT2D eigenvalue weighted by atomic mass is 32.1. The molecule has 0 radical (unpaired) electrons. The average molecular weight is 324 g/mol. The van der Waals surface area contributed by atoms with Crippen molar-refractivity contribution in [2.45, 2.75) is 13.3 Å². The Balaban J connectivity index is 1.86. The Morgan fingerprint density at radius 1 is 1.00 bits per heavy atom. The van der Waals surface area contributed by atoms with Gasteiger partial charge in [0.05, 0.1) is 0 Å². The second-order valence-corrected chi connectivity index (χ2v) is 5.66. The molecule has 4 nitrogen and oxygen atoms in total. The Kier molecular flexibility index (Phi) is 4.39. The summed E-state index contributed by atoms with van der Waals surface area (Å²) in [7, 11) is 0. The molecule has 0 bridgehead atoms. The highest BCUT2D eigenvalue weighted by Gasteiger charge is 2.07. The minimum atomic E-state index is -0.152. The SMILES string of the molecule is Cc1[nH]c(=S)[nH]c(=O)c1Cc1cccc(Oc2ccccc2)c1. The third kappa shape index (κ3) is 3.76. The van der Waals surface area contributed by atoms with E-state index in [1.165, 1.54) is 0 Å². The van der Waals surface area contributed by atoms with Crippen molar-refractivity contribution in [1.29, 1.82) is 0 Å². The molecule has 0 aliphatic rings. The van der Waals surface area contributed by atoms with Crippen LogP contribution in [0.1, 0.15) is 16.8 Å². The number of rotatable bonds is 4. The molecular weight excluding hydrogens is 308 g/mol. The lowest BCUT2D eigenvalue weighted by atomic mass is 10.0. The van der Waals surface area contributed by atoms with Crippen LogP contribution in [0.15, 0.2) is 59.4 Å². The predicted octanol–water partition coefficient (Wildman–Crippen LogP) is 4.12. The number of hydrogen-bond acceptors (Lipinski definition) is 3.